The lowest BCUT2D eigenvalue weighted by Crippen LogP contribution is -2.33. The molecule has 0 aliphatic heterocycles. The smallest absolute Gasteiger partial charge is 0.240 e. The van der Waals surface area contributed by atoms with Crippen molar-refractivity contribution in [2.75, 3.05) is 18.4 Å². The number of halogens is 1. The molecule has 0 radical (unpaired) electrons. The molecule has 6 nitrogen and oxygen atoms in total. The van der Waals surface area contributed by atoms with E-state index in [4.69, 9.17) is 16.3 Å². The molecule has 1 aromatic heterocycles. The first kappa shape index (κ1) is 16.3. The molecule has 1 N–H and O–H groups in total. The van der Waals surface area contributed by atoms with Gasteiger partial charge in [0, 0.05) is 18.3 Å². The highest BCUT2D eigenvalue weighted by atomic mass is 35.5. The van der Waals surface area contributed by atoms with Gasteiger partial charge in [0.05, 0.1) is 25.0 Å². The van der Waals surface area contributed by atoms with Crippen molar-refractivity contribution in [1.82, 2.24) is 9.78 Å². The lowest BCUT2D eigenvalue weighted by atomic mass is 10.2. The highest BCUT2D eigenvalue weighted by Gasteiger charge is 2.55. The summed E-state index contributed by atoms with van der Waals surface area (Å²) in [4.78, 5) is 0. The van der Waals surface area contributed by atoms with Crippen LogP contribution in [0.4, 0.5) is 5.69 Å². The molecule has 1 saturated carbocycles. The molecule has 124 valence electrons. The molecule has 23 heavy (non-hydrogen) atoms. The normalized spacial score (nSPS) is 16.3. The van der Waals surface area contributed by atoms with Crippen molar-refractivity contribution in [3.63, 3.8) is 0 Å². The molecule has 0 saturated heterocycles. The number of benzene rings is 1. The molecule has 8 heteroatoms. The van der Waals surface area contributed by atoms with Crippen molar-refractivity contribution < 1.29 is 13.2 Å². The number of nitrogens with one attached hydrogen (secondary N) is 1. The molecule has 1 heterocycles. The van der Waals surface area contributed by atoms with Gasteiger partial charge in [-0.1, -0.05) is 23.7 Å². The molecular formula is C15H18ClN3O3S. The maximum absolute atomic E-state index is 12.4. The molecule has 0 amide bonds. The number of sulfonamides is 1. The zero-order chi connectivity index (χ0) is 16.5. The van der Waals surface area contributed by atoms with Gasteiger partial charge in [-0.05, 0) is 30.5 Å². The topological polar surface area (TPSA) is 73.2 Å². The Morgan fingerprint density at radius 2 is 2.04 bits per heavy atom. The number of nitrogens with zero attached hydrogens (tertiary/aromatic N) is 2. The summed E-state index contributed by atoms with van der Waals surface area (Å²) in [5.74, 6) is 0. The number of ether oxygens (including phenoxy) is 1. The van der Waals surface area contributed by atoms with Crippen molar-refractivity contribution >= 4 is 27.3 Å². The van der Waals surface area contributed by atoms with Crippen LogP contribution in [0.2, 0.25) is 5.02 Å². The minimum Gasteiger partial charge on any atom is -0.383 e. The van der Waals surface area contributed by atoms with Crippen LogP contribution in [0.1, 0.15) is 18.4 Å². The highest BCUT2D eigenvalue weighted by Crippen LogP contribution is 2.44. The van der Waals surface area contributed by atoms with Crippen LogP contribution in [0.15, 0.2) is 36.7 Å². The average Bonchev–Trinajstić information content (AvgIpc) is 3.18. The van der Waals surface area contributed by atoms with E-state index in [1.807, 2.05) is 24.3 Å². The Hall–Kier alpha value is -1.57. The number of rotatable bonds is 7. The lowest BCUT2D eigenvalue weighted by molar-refractivity contribution is 0.192. The van der Waals surface area contributed by atoms with E-state index in [2.05, 4.69) is 9.82 Å². The summed E-state index contributed by atoms with van der Waals surface area (Å²) in [6.45, 7) is 0.753. The van der Waals surface area contributed by atoms with Crippen molar-refractivity contribution in [2.45, 2.75) is 24.1 Å². The van der Waals surface area contributed by atoms with Gasteiger partial charge in [-0.15, -0.1) is 0 Å². The van der Waals surface area contributed by atoms with Crippen molar-refractivity contribution in [2.24, 2.45) is 0 Å². The van der Waals surface area contributed by atoms with Crippen LogP contribution in [-0.2, 0) is 21.3 Å². The third-order valence-corrected chi connectivity index (χ3v) is 6.35. The van der Waals surface area contributed by atoms with Crippen LogP contribution < -0.4 is 4.72 Å². The fourth-order valence-electron chi connectivity index (χ4n) is 2.44. The van der Waals surface area contributed by atoms with E-state index < -0.39 is 14.8 Å². The van der Waals surface area contributed by atoms with Gasteiger partial charge in [-0.3, -0.25) is 9.40 Å². The summed E-state index contributed by atoms with van der Waals surface area (Å²) >= 11 is 5.86. The number of hydrogen-bond acceptors (Lipinski definition) is 4. The van der Waals surface area contributed by atoms with Crippen molar-refractivity contribution in [1.29, 1.82) is 0 Å². The van der Waals surface area contributed by atoms with Gasteiger partial charge < -0.3 is 4.74 Å². The highest BCUT2D eigenvalue weighted by molar-refractivity contribution is 7.94. The van der Waals surface area contributed by atoms with Gasteiger partial charge in [-0.25, -0.2) is 8.42 Å². The van der Waals surface area contributed by atoms with E-state index in [9.17, 15) is 8.42 Å². The monoisotopic (exact) mass is 355 g/mol. The van der Waals surface area contributed by atoms with E-state index in [1.54, 1.807) is 10.9 Å². The largest absolute Gasteiger partial charge is 0.383 e. The van der Waals surface area contributed by atoms with E-state index >= 15 is 0 Å². The Morgan fingerprint density at radius 3 is 2.65 bits per heavy atom. The summed E-state index contributed by atoms with van der Waals surface area (Å²) in [5, 5.41) is 4.87. The molecule has 0 spiro atoms. The molecular weight excluding hydrogens is 338 g/mol. The second kappa shape index (κ2) is 6.14. The molecule has 1 aromatic carbocycles. The first-order chi connectivity index (χ1) is 10.9. The van der Waals surface area contributed by atoms with E-state index in [0.29, 0.717) is 30.1 Å². The quantitative estimate of drug-likeness (QED) is 0.828. The number of methoxy groups -OCH3 is 1. The Balaban J connectivity index is 1.69. The van der Waals surface area contributed by atoms with Gasteiger partial charge in [0.25, 0.3) is 0 Å². The maximum atomic E-state index is 12.4. The van der Waals surface area contributed by atoms with Gasteiger partial charge in [0.1, 0.15) is 4.75 Å². The van der Waals surface area contributed by atoms with Crippen LogP contribution in [-0.4, -0.2) is 36.7 Å². The molecule has 0 atom stereocenters. The van der Waals surface area contributed by atoms with Crippen LogP contribution >= 0.6 is 11.6 Å². The molecule has 2 aromatic rings. The minimum atomic E-state index is -3.47. The Morgan fingerprint density at radius 1 is 1.35 bits per heavy atom. The SMILES string of the molecule is COCC1(S(=O)(=O)Nc2cnn(Cc3ccc(Cl)cc3)c2)CC1. The first-order valence-corrected chi connectivity index (χ1v) is 9.08. The fourth-order valence-corrected chi connectivity index (χ4v) is 4.11. The second-order valence-electron chi connectivity index (χ2n) is 5.77. The molecule has 1 aliphatic carbocycles. The van der Waals surface area contributed by atoms with Crippen LogP contribution in [0.5, 0.6) is 0 Å². The van der Waals surface area contributed by atoms with Crippen molar-refractivity contribution in [3.8, 4) is 0 Å². The zero-order valence-electron chi connectivity index (χ0n) is 12.7. The third-order valence-electron chi connectivity index (χ3n) is 3.93. The zero-order valence-corrected chi connectivity index (χ0v) is 14.3. The van der Waals surface area contributed by atoms with E-state index in [1.165, 1.54) is 13.3 Å². The van der Waals surface area contributed by atoms with Gasteiger partial charge in [0.2, 0.25) is 10.0 Å². The lowest BCUT2D eigenvalue weighted by Gasteiger charge is -2.15. The third kappa shape index (κ3) is 3.52. The van der Waals surface area contributed by atoms with E-state index in [-0.39, 0.29) is 6.61 Å². The van der Waals surface area contributed by atoms with Crippen LogP contribution in [0, 0.1) is 0 Å². The second-order valence-corrected chi connectivity index (χ2v) is 8.29. The molecule has 0 unspecified atom stereocenters. The molecule has 1 fully saturated rings. The van der Waals surface area contributed by atoms with Gasteiger partial charge in [-0.2, -0.15) is 5.10 Å². The number of aromatic nitrogens is 2. The Kier molecular flexibility index (Phi) is 4.35. The molecule has 1 aliphatic rings. The number of anilines is 1. The molecule has 3 rings (SSSR count). The number of hydrogen-bond donors (Lipinski definition) is 1. The van der Waals surface area contributed by atoms with Crippen LogP contribution in [0.3, 0.4) is 0 Å². The summed E-state index contributed by atoms with van der Waals surface area (Å²) in [5.41, 5.74) is 1.49. The predicted molar refractivity (Wildman–Crippen MR) is 89.2 cm³/mol. The fraction of sp³-hybridized carbons (Fsp3) is 0.400. The Bertz CT molecular complexity index is 783. The van der Waals surface area contributed by atoms with Crippen molar-refractivity contribution in [3.05, 3.63) is 47.2 Å². The summed E-state index contributed by atoms with van der Waals surface area (Å²) in [6.07, 6.45) is 4.43. The maximum Gasteiger partial charge on any atom is 0.240 e. The first-order valence-electron chi connectivity index (χ1n) is 7.22. The molecule has 0 bridgehead atoms. The average molecular weight is 356 g/mol. The predicted octanol–water partition coefficient (Wildman–Crippen LogP) is 2.51. The standard InChI is InChI=1S/C15H18ClN3O3S/c1-22-11-15(6-7-15)23(20,21)18-14-8-17-19(10-14)9-12-2-4-13(16)5-3-12/h2-5,8,10,18H,6-7,9,11H2,1H3. The van der Waals surface area contributed by atoms with Crippen LogP contribution in [0.25, 0.3) is 0 Å². The summed E-state index contributed by atoms with van der Waals surface area (Å²) < 4.78 is 33.4. The van der Waals surface area contributed by atoms with Gasteiger partial charge >= 0.3 is 0 Å². The minimum absolute atomic E-state index is 0.210. The summed E-state index contributed by atoms with van der Waals surface area (Å²) in [7, 11) is -1.96. The van der Waals surface area contributed by atoms with E-state index in [0.717, 1.165) is 5.56 Å². The Labute approximate surface area is 140 Å². The van der Waals surface area contributed by atoms with Gasteiger partial charge in [0.15, 0.2) is 0 Å². The summed E-state index contributed by atoms with van der Waals surface area (Å²) in [6, 6.07) is 7.44.